The van der Waals surface area contributed by atoms with Crippen molar-refractivity contribution in [2.75, 3.05) is 6.61 Å². The van der Waals surface area contributed by atoms with E-state index in [0.29, 0.717) is 4.57 Å². The van der Waals surface area contributed by atoms with E-state index in [1.165, 1.54) is 0 Å². The second-order valence-corrected chi connectivity index (χ2v) is 10.3. The Balaban J connectivity index is 2.12. The van der Waals surface area contributed by atoms with Crippen molar-refractivity contribution < 1.29 is 66.5 Å². The van der Waals surface area contributed by atoms with Crippen LogP contribution < -0.4 is 11.2 Å². The summed E-state index contributed by atoms with van der Waals surface area (Å²) < 4.78 is 50.7. The van der Waals surface area contributed by atoms with Gasteiger partial charge in [-0.05, 0) is 0 Å². The van der Waals surface area contributed by atoms with Crippen molar-refractivity contribution >= 4 is 23.5 Å². The van der Waals surface area contributed by atoms with Gasteiger partial charge in [-0.1, -0.05) is 0 Å². The smallest absolute Gasteiger partial charge is 0.387 e. The van der Waals surface area contributed by atoms with Crippen LogP contribution in [0.25, 0.3) is 0 Å². The second-order valence-electron chi connectivity index (χ2n) is 5.92. The summed E-state index contributed by atoms with van der Waals surface area (Å²) in [6.07, 6.45) is -6.04. The van der Waals surface area contributed by atoms with Gasteiger partial charge in [-0.3, -0.25) is 18.9 Å². The molecular formula is C10H17N2O16P3. The van der Waals surface area contributed by atoms with Crippen LogP contribution in [0.1, 0.15) is 11.7 Å². The zero-order valence-electron chi connectivity index (χ0n) is 14.9. The summed E-state index contributed by atoms with van der Waals surface area (Å²) in [6, 6.07) is 0. The number of aromatic nitrogens is 2. The van der Waals surface area contributed by atoms with Crippen LogP contribution in [-0.2, 0) is 38.3 Å². The quantitative estimate of drug-likeness (QED) is 0.152. The summed E-state index contributed by atoms with van der Waals surface area (Å²) in [4.78, 5) is 60.6. The van der Waals surface area contributed by atoms with E-state index in [0.717, 1.165) is 6.20 Å². The summed E-state index contributed by atoms with van der Waals surface area (Å²) in [7, 11) is -16.9. The molecule has 31 heavy (non-hydrogen) atoms. The number of nitrogens with zero attached hydrogens (tertiary/aromatic N) is 1. The number of hydrogen-bond acceptors (Lipinski definition) is 12. The van der Waals surface area contributed by atoms with E-state index in [1.807, 2.05) is 4.98 Å². The van der Waals surface area contributed by atoms with E-state index in [1.54, 1.807) is 0 Å². The maximum Gasteiger partial charge on any atom is 0.490 e. The lowest BCUT2D eigenvalue weighted by Gasteiger charge is -2.19. The summed E-state index contributed by atoms with van der Waals surface area (Å²) in [6.45, 7) is -1.93. The minimum atomic E-state index is -5.76. The van der Waals surface area contributed by atoms with Gasteiger partial charge in [-0.2, -0.15) is 8.62 Å². The molecule has 21 heteroatoms. The Bertz CT molecular complexity index is 1060. The van der Waals surface area contributed by atoms with Crippen LogP contribution in [0.4, 0.5) is 0 Å². The molecule has 6 atom stereocenters. The van der Waals surface area contributed by atoms with Crippen LogP contribution in [-0.4, -0.2) is 69.4 Å². The number of phosphoric acid groups is 3. The van der Waals surface area contributed by atoms with E-state index < -0.39 is 78.0 Å². The highest BCUT2D eigenvalue weighted by Gasteiger charge is 2.47. The van der Waals surface area contributed by atoms with Gasteiger partial charge in [0.05, 0.1) is 12.2 Å². The van der Waals surface area contributed by atoms with Crippen molar-refractivity contribution in [2.24, 2.45) is 0 Å². The Morgan fingerprint density at radius 2 is 1.65 bits per heavy atom. The van der Waals surface area contributed by atoms with Crippen molar-refractivity contribution in [1.82, 2.24) is 9.55 Å². The molecule has 1 aromatic heterocycles. The Morgan fingerprint density at radius 1 is 1.03 bits per heavy atom. The molecule has 178 valence electrons. The molecule has 2 unspecified atom stereocenters. The lowest BCUT2D eigenvalue weighted by Crippen LogP contribution is -2.36. The topological polar surface area (TPSA) is 285 Å². The lowest BCUT2D eigenvalue weighted by atomic mass is 10.0. The molecule has 0 amide bonds. The SMILES string of the molecule is O=c1[nH]c(=O)n(CO)cc1[C@@H]1O[C@H](COP(=O)(O)OP(=O)(O)OP(=O)(O)O)[C@@H](O)[C@H]1O. The Labute approximate surface area is 170 Å². The molecule has 0 radical (unpaired) electrons. The highest BCUT2D eigenvalue weighted by atomic mass is 31.3. The van der Waals surface area contributed by atoms with E-state index >= 15 is 0 Å². The molecule has 0 spiro atoms. The van der Waals surface area contributed by atoms with Gasteiger partial charge in [0.2, 0.25) is 0 Å². The number of nitrogens with one attached hydrogen (secondary N) is 1. The lowest BCUT2D eigenvalue weighted by molar-refractivity contribution is -0.0229. The molecule has 18 nitrogen and oxygen atoms in total. The Morgan fingerprint density at radius 3 is 2.19 bits per heavy atom. The number of rotatable bonds is 9. The van der Waals surface area contributed by atoms with Crippen molar-refractivity contribution in [3.63, 3.8) is 0 Å². The molecular weight excluding hydrogens is 497 g/mol. The van der Waals surface area contributed by atoms with Gasteiger partial charge in [0, 0.05) is 6.20 Å². The van der Waals surface area contributed by atoms with E-state index in [9.17, 15) is 38.4 Å². The summed E-state index contributed by atoms with van der Waals surface area (Å²) in [5, 5.41) is 29.2. The number of ether oxygens (including phenoxy) is 1. The molecule has 1 fully saturated rings. The van der Waals surface area contributed by atoms with Crippen molar-refractivity contribution in [3.8, 4) is 0 Å². The van der Waals surface area contributed by atoms with Gasteiger partial charge in [0.25, 0.3) is 5.56 Å². The fraction of sp³-hybridized carbons (Fsp3) is 0.600. The minimum absolute atomic E-state index is 0.402. The number of phosphoric ester groups is 1. The number of hydrogen-bond donors (Lipinski definition) is 8. The third kappa shape index (κ3) is 6.95. The summed E-state index contributed by atoms with van der Waals surface area (Å²) in [5.41, 5.74) is -2.41. The summed E-state index contributed by atoms with van der Waals surface area (Å²) >= 11 is 0. The standard InChI is InChI=1S/C10H17N2O16P3/c13-3-12-1-4(9(16)11-10(12)17)8-7(15)6(14)5(26-8)2-25-30(21,22)28-31(23,24)27-29(18,19)20/h1,5-8,13-15H,2-3H2,(H,21,22)(H,23,24)(H,11,16,17)(H2,18,19,20)/t5-,6-,7-,8+/m1/s1. The maximum absolute atomic E-state index is 11.9. The molecule has 1 aromatic rings. The van der Waals surface area contributed by atoms with Crippen LogP contribution in [0.3, 0.4) is 0 Å². The first-order chi connectivity index (χ1) is 14.1. The van der Waals surface area contributed by atoms with Gasteiger partial charge in [-0.15, -0.1) is 0 Å². The fourth-order valence-electron chi connectivity index (χ4n) is 2.45. The summed E-state index contributed by atoms with van der Waals surface area (Å²) in [5.74, 6) is 0. The Hall–Kier alpha value is -1.07. The minimum Gasteiger partial charge on any atom is -0.387 e. The van der Waals surface area contributed by atoms with E-state index in [2.05, 4.69) is 13.1 Å². The van der Waals surface area contributed by atoms with Gasteiger partial charge in [0.1, 0.15) is 31.1 Å². The first-order valence-electron chi connectivity index (χ1n) is 7.80. The molecule has 8 N–H and O–H groups in total. The zero-order valence-corrected chi connectivity index (χ0v) is 17.6. The van der Waals surface area contributed by atoms with Gasteiger partial charge in [-0.25, -0.2) is 18.5 Å². The van der Waals surface area contributed by atoms with Crippen LogP contribution in [0.15, 0.2) is 15.8 Å². The van der Waals surface area contributed by atoms with Crippen LogP contribution >= 0.6 is 23.5 Å². The molecule has 0 bridgehead atoms. The molecule has 0 aliphatic carbocycles. The Kier molecular flexibility index (Phi) is 7.96. The van der Waals surface area contributed by atoms with E-state index in [-0.39, 0.29) is 0 Å². The molecule has 0 aromatic carbocycles. The first kappa shape index (κ1) is 26.2. The van der Waals surface area contributed by atoms with Gasteiger partial charge in [0.15, 0.2) is 0 Å². The molecule has 2 heterocycles. The molecule has 2 rings (SSSR count). The average molecular weight is 514 g/mol. The number of H-pyrrole nitrogens is 1. The van der Waals surface area contributed by atoms with Crippen LogP contribution in [0, 0.1) is 0 Å². The number of aromatic amines is 1. The largest absolute Gasteiger partial charge is 0.490 e. The predicted molar refractivity (Wildman–Crippen MR) is 93.0 cm³/mol. The van der Waals surface area contributed by atoms with E-state index in [4.69, 9.17) is 24.5 Å². The predicted octanol–water partition coefficient (Wildman–Crippen LogP) is -3.01. The normalized spacial score (nSPS) is 28.2. The fourth-order valence-corrected chi connectivity index (χ4v) is 5.48. The maximum atomic E-state index is 11.9. The third-order valence-corrected chi connectivity index (χ3v) is 7.48. The third-order valence-electron chi connectivity index (χ3n) is 3.68. The molecule has 1 saturated heterocycles. The molecule has 1 aliphatic rings. The number of aliphatic hydroxyl groups is 3. The molecule has 0 saturated carbocycles. The number of aliphatic hydroxyl groups excluding tert-OH is 3. The van der Waals surface area contributed by atoms with Gasteiger partial charge >= 0.3 is 29.2 Å². The first-order valence-corrected chi connectivity index (χ1v) is 12.3. The molecule has 1 aliphatic heterocycles. The zero-order chi connectivity index (χ0) is 23.8. The van der Waals surface area contributed by atoms with Crippen molar-refractivity contribution in [2.45, 2.75) is 31.1 Å². The average Bonchev–Trinajstić information content (AvgIpc) is 2.85. The van der Waals surface area contributed by atoms with Gasteiger partial charge < -0.3 is 39.6 Å². The highest BCUT2D eigenvalue weighted by molar-refractivity contribution is 7.66. The monoisotopic (exact) mass is 514 g/mol. The van der Waals surface area contributed by atoms with Crippen LogP contribution in [0.2, 0.25) is 0 Å². The highest BCUT2D eigenvalue weighted by Crippen LogP contribution is 2.66. The van der Waals surface area contributed by atoms with Crippen molar-refractivity contribution in [1.29, 1.82) is 0 Å². The van der Waals surface area contributed by atoms with Crippen LogP contribution in [0.5, 0.6) is 0 Å². The second kappa shape index (κ2) is 9.43. The van der Waals surface area contributed by atoms with Crippen molar-refractivity contribution in [3.05, 3.63) is 32.6 Å².